The molecule has 1 aromatic heterocycles. The molecule has 0 aliphatic rings. The number of rotatable bonds is 4. The van der Waals surface area contributed by atoms with Gasteiger partial charge >= 0.3 is 0 Å². The minimum absolute atomic E-state index is 0.00238. The van der Waals surface area contributed by atoms with Crippen LogP contribution in [-0.4, -0.2) is 36.6 Å². The molecule has 13 heavy (non-hydrogen) atoms. The van der Waals surface area contributed by atoms with Gasteiger partial charge in [0.05, 0.1) is 12.8 Å². The molecule has 4 heteroatoms. The number of hydrogen-bond acceptors (Lipinski definition) is 4. The first-order valence-corrected chi connectivity index (χ1v) is 3.99. The van der Waals surface area contributed by atoms with Crippen LogP contribution in [0.2, 0.25) is 0 Å². The first-order chi connectivity index (χ1) is 6.38. The van der Waals surface area contributed by atoms with Gasteiger partial charge in [0.1, 0.15) is 18.1 Å². The second-order valence-electron chi connectivity index (χ2n) is 2.35. The third-order valence-electron chi connectivity index (χ3n) is 1.40. The molecule has 1 heterocycles. The van der Waals surface area contributed by atoms with Crippen molar-refractivity contribution in [3.8, 4) is 5.75 Å². The standard InChI is InChI=1S/C9H12N2O2/c1-10-7-8-9(13-6-5-12)3-2-4-11-8/h2-4,7,12H,5-6H2,1H3. The molecule has 0 unspecified atom stereocenters. The molecule has 0 bridgehead atoms. The predicted molar refractivity (Wildman–Crippen MR) is 50.3 cm³/mol. The second kappa shape index (κ2) is 5.27. The number of hydrogen-bond donors (Lipinski definition) is 1. The van der Waals surface area contributed by atoms with E-state index in [9.17, 15) is 0 Å². The molecule has 1 aromatic rings. The van der Waals surface area contributed by atoms with Crippen molar-refractivity contribution < 1.29 is 9.84 Å². The van der Waals surface area contributed by atoms with Crippen LogP contribution in [0.3, 0.4) is 0 Å². The molecule has 0 saturated heterocycles. The van der Waals surface area contributed by atoms with Crippen LogP contribution in [0.5, 0.6) is 5.75 Å². The third kappa shape index (κ3) is 2.83. The summed E-state index contributed by atoms with van der Waals surface area (Å²) >= 11 is 0. The average Bonchev–Trinajstić information content (AvgIpc) is 2.17. The maximum absolute atomic E-state index is 8.57. The summed E-state index contributed by atoms with van der Waals surface area (Å²) in [4.78, 5) is 7.91. The van der Waals surface area contributed by atoms with Gasteiger partial charge in [0.2, 0.25) is 0 Å². The molecule has 0 saturated carbocycles. The molecule has 1 rings (SSSR count). The summed E-state index contributed by atoms with van der Waals surface area (Å²) in [5, 5.41) is 8.57. The number of aliphatic hydroxyl groups excluding tert-OH is 1. The highest BCUT2D eigenvalue weighted by atomic mass is 16.5. The highest BCUT2D eigenvalue weighted by Crippen LogP contribution is 2.12. The highest BCUT2D eigenvalue weighted by Gasteiger charge is 1.99. The monoisotopic (exact) mass is 180 g/mol. The van der Waals surface area contributed by atoms with E-state index in [1.165, 1.54) is 0 Å². The predicted octanol–water partition coefficient (Wildman–Crippen LogP) is 0.501. The minimum atomic E-state index is -0.00238. The fourth-order valence-corrected chi connectivity index (χ4v) is 0.900. The molecule has 0 atom stereocenters. The van der Waals surface area contributed by atoms with Gasteiger partial charge in [0.25, 0.3) is 0 Å². The van der Waals surface area contributed by atoms with Gasteiger partial charge in [0, 0.05) is 13.2 Å². The molecule has 0 amide bonds. The molecule has 0 spiro atoms. The zero-order chi connectivity index (χ0) is 9.52. The maximum atomic E-state index is 8.57. The topological polar surface area (TPSA) is 54.7 Å². The van der Waals surface area contributed by atoms with E-state index >= 15 is 0 Å². The zero-order valence-electron chi connectivity index (χ0n) is 7.47. The van der Waals surface area contributed by atoms with Gasteiger partial charge in [-0.15, -0.1) is 0 Å². The van der Waals surface area contributed by atoms with E-state index in [-0.39, 0.29) is 13.2 Å². The lowest BCUT2D eigenvalue weighted by molar-refractivity contribution is 0.201. The van der Waals surface area contributed by atoms with Crippen molar-refractivity contribution in [2.24, 2.45) is 4.99 Å². The number of aromatic nitrogens is 1. The van der Waals surface area contributed by atoms with Crippen molar-refractivity contribution >= 4 is 6.21 Å². The van der Waals surface area contributed by atoms with Gasteiger partial charge in [-0.25, -0.2) is 0 Å². The van der Waals surface area contributed by atoms with E-state index in [1.807, 2.05) is 0 Å². The van der Waals surface area contributed by atoms with Crippen LogP contribution in [0.25, 0.3) is 0 Å². The van der Waals surface area contributed by atoms with E-state index in [0.29, 0.717) is 11.4 Å². The Labute approximate surface area is 76.9 Å². The molecule has 0 aliphatic carbocycles. The smallest absolute Gasteiger partial charge is 0.146 e. The number of ether oxygens (including phenoxy) is 1. The largest absolute Gasteiger partial charge is 0.489 e. The summed E-state index contributed by atoms with van der Waals surface area (Å²) in [6, 6.07) is 3.57. The lowest BCUT2D eigenvalue weighted by Crippen LogP contribution is -2.04. The van der Waals surface area contributed by atoms with E-state index in [4.69, 9.17) is 9.84 Å². The van der Waals surface area contributed by atoms with Crippen LogP contribution in [0.1, 0.15) is 5.69 Å². The Morgan fingerprint density at radius 2 is 2.54 bits per heavy atom. The Bertz CT molecular complexity index is 287. The Morgan fingerprint density at radius 3 is 3.23 bits per heavy atom. The summed E-state index contributed by atoms with van der Waals surface area (Å²) in [6.07, 6.45) is 3.29. The van der Waals surface area contributed by atoms with Crippen molar-refractivity contribution in [2.75, 3.05) is 20.3 Å². The van der Waals surface area contributed by atoms with Crippen molar-refractivity contribution in [3.63, 3.8) is 0 Å². The molecular weight excluding hydrogens is 168 g/mol. The van der Waals surface area contributed by atoms with Crippen LogP contribution >= 0.6 is 0 Å². The second-order valence-corrected chi connectivity index (χ2v) is 2.35. The Morgan fingerprint density at radius 1 is 1.69 bits per heavy atom. The zero-order valence-corrected chi connectivity index (χ0v) is 7.47. The lowest BCUT2D eigenvalue weighted by Gasteiger charge is -2.05. The van der Waals surface area contributed by atoms with Crippen LogP contribution in [0.4, 0.5) is 0 Å². The van der Waals surface area contributed by atoms with E-state index in [1.54, 1.807) is 31.6 Å². The molecule has 0 fully saturated rings. The number of pyridine rings is 1. The van der Waals surface area contributed by atoms with Crippen LogP contribution in [0, 0.1) is 0 Å². The van der Waals surface area contributed by atoms with Crippen molar-refractivity contribution in [3.05, 3.63) is 24.0 Å². The number of aliphatic imine (C=N–C) groups is 1. The summed E-state index contributed by atoms with van der Waals surface area (Å²) in [7, 11) is 1.67. The van der Waals surface area contributed by atoms with Gasteiger partial charge in [-0.3, -0.25) is 9.98 Å². The number of aliphatic hydroxyl groups is 1. The van der Waals surface area contributed by atoms with E-state index < -0.39 is 0 Å². The maximum Gasteiger partial charge on any atom is 0.146 e. The summed E-state index contributed by atoms with van der Waals surface area (Å²) in [5.74, 6) is 0.641. The van der Waals surface area contributed by atoms with Gasteiger partial charge in [-0.2, -0.15) is 0 Å². The Hall–Kier alpha value is -1.42. The van der Waals surface area contributed by atoms with Crippen LogP contribution in [-0.2, 0) is 0 Å². The van der Waals surface area contributed by atoms with Crippen molar-refractivity contribution in [1.82, 2.24) is 4.98 Å². The van der Waals surface area contributed by atoms with Gasteiger partial charge in [-0.1, -0.05) is 0 Å². The Balaban J connectivity index is 2.78. The molecular formula is C9H12N2O2. The lowest BCUT2D eigenvalue weighted by atomic mass is 10.3. The molecule has 0 aromatic carbocycles. The van der Waals surface area contributed by atoms with Crippen LogP contribution in [0.15, 0.2) is 23.3 Å². The summed E-state index contributed by atoms with van der Waals surface area (Å²) in [5.41, 5.74) is 0.679. The molecule has 70 valence electrons. The Kier molecular flexibility index (Phi) is 3.92. The van der Waals surface area contributed by atoms with Gasteiger partial charge in [0.15, 0.2) is 0 Å². The van der Waals surface area contributed by atoms with Crippen molar-refractivity contribution in [1.29, 1.82) is 0 Å². The van der Waals surface area contributed by atoms with E-state index in [0.717, 1.165) is 0 Å². The van der Waals surface area contributed by atoms with Crippen molar-refractivity contribution in [2.45, 2.75) is 0 Å². The summed E-state index contributed by atoms with van der Waals surface area (Å²) < 4.78 is 5.24. The molecule has 4 nitrogen and oxygen atoms in total. The number of nitrogens with zero attached hydrogens (tertiary/aromatic N) is 2. The fraction of sp³-hybridized carbons (Fsp3) is 0.333. The molecule has 0 aliphatic heterocycles. The fourth-order valence-electron chi connectivity index (χ4n) is 0.900. The first kappa shape index (κ1) is 9.67. The van der Waals surface area contributed by atoms with Crippen LogP contribution < -0.4 is 4.74 Å². The van der Waals surface area contributed by atoms with Gasteiger partial charge < -0.3 is 9.84 Å². The minimum Gasteiger partial charge on any atom is -0.489 e. The first-order valence-electron chi connectivity index (χ1n) is 3.99. The van der Waals surface area contributed by atoms with Gasteiger partial charge in [-0.05, 0) is 12.1 Å². The molecule has 0 radical (unpaired) electrons. The normalized spacial score (nSPS) is 10.6. The molecule has 1 N–H and O–H groups in total. The summed E-state index contributed by atoms with van der Waals surface area (Å²) in [6.45, 7) is 0.272. The highest BCUT2D eigenvalue weighted by molar-refractivity contribution is 5.80. The van der Waals surface area contributed by atoms with E-state index in [2.05, 4.69) is 9.98 Å². The quantitative estimate of drug-likeness (QED) is 0.686. The average molecular weight is 180 g/mol. The third-order valence-corrected chi connectivity index (χ3v) is 1.40. The SMILES string of the molecule is CN=Cc1ncccc1OCCO.